The second-order valence-corrected chi connectivity index (χ2v) is 2.84. The summed E-state index contributed by atoms with van der Waals surface area (Å²) in [7, 11) is 0. The zero-order valence-corrected chi connectivity index (χ0v) is 6.45. The highest BCUT2D eigenvalue weighted by Gasteiger charge is 2.37. The fourth-order valence-electron chi connectivity index (χ4n) is 1.06. The molecule has 4 heteroatoms. The van der Waals surface area contributed by atoms with Gasteiger partial charge >= 0.3 is 6.18 Å². The Hall–Kier alpha value is -0.800. The Morgan fingerprint density at radius 3 is 2.42 bits per heavy atom. The Kier molecular flexibility index (Phi) is 2.26. The molecule has 0 aliphatic heterocycles. The smallest absolute Gasteiger partial charge is 0.207 e. The van der Waals surface area contributed by atoms with Gasteiger partial charge in [-0.25, -0.2) is 4.39 Å². The van der Waals surface area contributed by atoms with Crippen molar-refractivity contribution in [3.05, 3.63) is 23.6 Å². The second-order valence-electron chi connectivity index (χ2n) is 2.84. The molecule has 0 fully saturated rings. The monoisotopic (exact) mass is 180 g/mol. The van der Waals surface area contributed by atoms with Gasteiger partial charge in [0.2, 0.25) is 0 Å². The minimum Gasteiger partial charge on any atom is -0.207 e. The van der Waals surface area contributed by atoms with Gasteiger partial charge < -0.3 is 0 Å². The molecule has 1 unspecified atom stereocenters. The lowest BCUT2D eigenvalue weighted by atomic mass is 9.97. The Morgan fingerprint density at radius 1 is 1.42 bits per heavy atom. The molecule has 0 spiro atoms. The summed E-state index contributed by atoms with van der Waals surface area (Å²) in [5.74, 6) is -1.39. The lowest BCUT2D eigenvalue weighted by molar-refractivity contribution is -0.0918. The van der Waals surface area contributed by atoms with Crippen LogP contribution in [0, 0.1) is 5.92 Å². The summed E-state index contributed by atoms with van der Waals surface area (Å²) in [6, 6.07) is 0. The predicted octanol–water partition coefficient (Wildman–Crippen LogP) is 3.37. The molecule has 0 heterocycles. The third-order valence-corrected chi connectivity index (χ3v) is 1.68. The van der Waals surface area contributed by atoms with Crippen LogP contribution in [0.3, 0.4) is 0 Å². The molecule has 1 aliphatic rings. The molecule has 0 saturated heterocycles. The van der Waals surface area contributed by atoms with Crippen LogP contribution in [-0.2, 0) is 0 Å². The van der Waals surface area contributed by atoms with E-state index in [1.807, 2.05) is 0 Å². The summed E-state index contributed by atoms with van der Waals surface area (Å²) >= 11 is 0. The average Bonchev–Trinajstić information content (AvgIpc) is 1.92. The summed E-state index contributed by atoms with van der Waals surface area (Å²) in [5, 5.41) is 0. The molecule has 0 nitrogen and oxygen atoms in total. The van der Waals surface area contributed by atoms with E-state index in [1.54, 1.807) is 6.92 Å². The zero-order valence-electron chi connectivity index (χ0n) is 6.45. The molecule has 68 valence electrons. The maximum absolute atomic E-state index is 12.6. The van der Waals surface area contributed by atoms with Crippen molar-refractivity contribution < 1.29 is 17.6 Å². The van der Waals surface area contributed by atoms with Crippen LogP contribution in [0.1, 0.15) is 13.3 Å². The second kappa shape index (κ2) is 2.92. The largest absolute Gasteiger partial charge is 0.418 e. The number of rotatable bonds is 0. The molecule has 0 aromatic carbocycles. The van der Waals surface area contributed by atoms with Gasteiger partial charge in [-0.2, -0.15) is 13.2 Å². The topological polar surface area (TPSA) is 0 Å². The van der Waals surface area contributed by atoms with Gasteiger partial charge in [0, 0.05) is 0 Å². The van der Waals surface area contributed by atoms with Gasteiger partial charge in [0.15, 0.2) is 0 Å². The number of hydrogen-bond donors (Lipinski definition) is 0. The van der Waals surface area contributed by atoms with Crippen molar-refractivity contribution in [2.75, 3.05) is 0 Å². The van der Waals surface area contributed by atoms with E-state index in [4.69, 9.17) is 0 Å². The summed E-state index contributed by atoms with van der Waals surface area (Å²) < 4.78 is 48.6. The highest BCUT2D eigenvalue weighted by atomic mass is 19.4. The quantitative estimate of drug-likeness (QED) is 0.501. The Balaban J connectivity index is 2.94. The van der Waals surface area contributed by atoms with Gasteiger partial charge in [0.25, 0.3) is 0 Å². The van der Waals surface area contributed by atoms with Gasteiger partial charge in [-0.3, -0.25) is 0 Å². The van der Waals surface area contributed by atoms with E-state index >= 15 is 0 Å². The third kappa shape index (κ3) is 1.87. The normalized spacial score (nSPS) is 24.9. The lowest BCUT2D eigenvalue weighted by Gasteiger charge is -2.16. The lowest BCUT2D eigenvalue weighted by Crippen LogP contribution is -2.16. The summed E-state index contributed by atoms with van der Waals surface area (Å²) in [6.45, 7) is 1.62. The van der Waals surface area contributed by atoms with E-state index < -0.39 is 17.6 Å². The molecule has 0 amide bonds. The minimum atomic E-state index is -4.56. The van der Waals surface area contributed by atoms with Crippen LogP contribution in [0.4, 0.5) is 17.6 Å². The van der Waals surface area contributed by atoms with Crippen LogP contribution in [-0.4, -0.2) is 6.18 Å². The van der Waals surface area contributed by atoms with E-state index in [1.165, 1.54) is 0 Å². The molecule has 1 rings (SSSR count). The Morgan fingerprint density at radius 2 is 2.00 bits per heavy atom. The van der Waals surface area contributed by atoms with Crippen molar-refractivity contribution in [2.24, 2.45) is 5.92 Å². The van der Waals surface area contributed by atoms with Crippen LogP contribution in [0.25, 0.3) is 0 Å². The highest BCUT2D eigenvalue weighted by Crippen LogP contribution is 2.36. The van der Waals surface area contributed by atoms with Crippen LogP contribution >= 0.6 is 0 Å². The molecule has 1 atom stereocenters. The van der Waals surface area contributed by atoms with Crippen molar-refractivity contribution in [1.82, 2.24) is 0 Å². The standard InChI is InChI=1S/C8H8F4/c1-5-2-3-7(9)6(4-5)8(10,11)12/h3-5H,2H2,1H3. The molecule has 0 bridgehead atoms. The molecule has 12 heavy (non-hydrogen) atoms. The summed E-state index contributed by atoms with van der Waals surface area (Å²) in [4.78, 5) is 0. The van der Waals surface area contributed by atoms with Crippen molar-refractivity contribution in [3.63, 3.8) is 0 Å². The molecule has 0 radical (unpaired) electrons. The molecule has 0 aromatic heterocycles. The number of alkyl halides is 3. The maximum atomic E-state index is 12.6. The molecular weight excluding hydrogens is 172 g/mol. The third-order valence-electron chi connectivity index (χ3n) is 1.68. The minimum absolute atomic E-state index is 0.235. The first kappa shape index (κ1) is 9.29. The first-order chi connectivity index (χ1) is 5.41. The van der Waals surface area contributed by atoms with Crippen molar-refractivity contribution in [2.45, 2.75) is 19.5 Å². The first-order valence-corrected chi connectivity index (χ1v) is 3.56. The van der Waals surface area contributed by atoms with E-state index in [9.17, 15) is 17.6 Å². The molecule has 0 saturated carbocycles. The molecule has 1 aliphatic carbocycles. The van der Waals surface area contributed by atoms with Crippen LogP contribution in [0.5, 0.6) is 0 Å². The molecule has 0 N–H and O–H groups in total. The van der Waals surface area contributed by atoms with Gasteiger partial charge in [-0.05, 0) is 18.4 Å². The number of halogens is 4. The fraction of sp³-hybridized carbons (Fsp3) is 0.500. The van der Waals surface area contributed by atoms with Crippen molar-refractivity contribution in [1.29, 1.82) is 0 Å². The van der Waals surface area contributed by atoms with E-state index in [2.05, 4.69) is 0 Å². The highest BCUT2D eigenvalue weighted by molar-refractivity contribution is 5.33. The fourth-order valence-corrected chi connectivity index (χ4v) is 1.06. The van der Waals surface area contributed by atoms with Crippen LogP contribution in [0.2, 0.25) is 0 Å². The van der Waals surface area contributed by atoms with E-state index in [-0.39, 0.29) is 5.92 Å². The molecular formula is C8H8F4. The van der Waals surface area contributed by atoms with Crippen LogP contribution < -0.4 is 0 Å². The first-order valence-electron chi connectivity index (χ1n) is 3.56. The Bertz CT molecular complexity index is 234. The summed E-state index contributed by atoms with van der Waals surface area (Å²) in [5.41, 5.74) is -1.14. The predicted molar refractivity (Wildman–Crippen MR) is 37.1 cm³/mol. The van der Waals surface area contributed by atoms with Gasteiger partial charge in [0.05, 0.1) is 5.57 Å². The van der Waals surface area contributed by atoms with Crippen molar-refractivity contribution in [3.8, 4) is 0 Å². The zero-order chi connectivity index (χ0) is 9.35. The van der Waals surface area contributed by atoms with Gasteiger partial charge in [-0.15, -0.1) is 0 Å². The van der Waals surface area contributed by atoms with Crippen LogP contribution in [0.15, 0.2) is 23.6 Å². The van der Waals surface area contributed by atoms with E-state index in [0.717, 1.165) is 12.2 Å². The van der Waals surface area contributed by atoms with Gasteiger partial charge in [0.1, 0.15) is 5.83 Å². The average molecular weight is 180 g/mol. The Labute approximate surface area is 67.6 Å². The SMILES string of the molecule is CC1C=C(C(F)(F)F)C(F)=CC1. The molecule has 0 aromatic rings. The van der Waals surface area contributed by atoms with Crippen molar-refractivity contribution >= 4 is 0 Å². The number of hydrogen-bond acceptors (Lipinski definition) is 0. The van der Waals surface area contributed by atoms with Gasteiger partial charge in [-0.1, -0.05) is 13.0 Å². The number of allylic oxidation sites excluding steroid dienone is 4. The summed E-state index contributed by atoms with van der Waals surface area (Å²) in [6.07, 6.45) is -2.32. The van der Waals surface area contributed by atoms with E-state index in [0.29, 0.717) is 6.42 Å². The maximum Gasteiger partial charge on any atom is 0.418 e.